The second-order valence-electron chi connectivity index (χ2n) is 6.80. The van der Waals surface area contributed by atoms with Gasteiger partial charge < -0.3 is 18.9 Å². The van der Waals surface area contributed by atoms with Gasteiger partial charge in [0.05, 0.1) is 39.8 Å². The minimum atomic E-state index is -0.443. The zero-order chi connectivity index (χ0) is 21.3. The molecule has 0 aromatic heterocycles. The van der Waals surface area contributed by atoms with Crippen LogP contribution in [0, 0.1) is 0 Å². The number of carbonyl (C=O) groups is 1. The highest BCUT2D eigenvalue weighted by Gasteiger charge is 2.37. The van der Waals surface area contributed by atoms with Crippen molar-refractivity contribution >= 4 is 17.5 Å². The van der Waals surface area contributed by atoms with Crippen LogP contribution >= 0.6 is 0 Å². The van der Waals surface area contributed by atoms with Crippen LogP contribution in [0.4, 0.5) is 16.2 Å². The molecule has 3 aromatic rings. The smallest absolute Gasteiger partial charge is 0.418 e. The molecule has 1 aliphatic heterocycles. The third-order valence-electron chi connectivity index (χ3n) is 5.38. The third kappa shape index (κ3) is 3.01. The molecule has 0 saturated heterocycles. The van der Waals surface area contributed by atoms with Crippen LogP contribution in [0.1, 0.15) is 22.6 Å². The van der Waals surface area contributed by atoms with Crippen molar-refractivity contribution in [3.8, 4) is 17.2 Å². The van der Waals surface area contributed by atoms with Crippen molar-refractivity contribution in [3.63, 3.8) is 0 Å². The molecule has 0 N–H and O–H groups in total. The van der Waals surface area contributed by atoms with Gasteiger partial charge in [0.25, 0.3) is 0 Å². The third-order valence-corrected chi connectivity index (χ3v) is 5.38. The zero-order valence-electron chi connectivity index (χ0n) is 17.3. The zero-order valence-corrected chi connectivity index (χ0v) is 17.3. The first kappa shape index (κ1) is 19.6. The molecule has 1 amide bonds. The Hall–Kier alpha value is -3.67. The molecule has 6 heteroatoms. The number of hydrogen-bond acceptors (Lipinski definition) is 5. The largest absolute Gasteiger partial charge is 0.496 e. The monoisotopic (exact) mass is 405 g/mol. The Morgan fingerprint density at radius 3 is 1.70 bits per heavy atom. The van der Waals surface area contributed by atoms with Crippen molar-refractivity contribution in [3.05, 3.63) is 77.4 Å². The molecule has 3 aromatic carbocycles. The number of para-hydroxylation sites is 2. The van der Waals surface area contributed by atoms with E-state index in [2.05, 4.69) is 0 Å². The van der Waals surface area contributed by atoms with E-state index in [0.717, 1.165) is 28.1 Å². The Morgan fingerprint density at radius 1 is 0.767 bits per heavy atom. The summed E-state index contributed by atoms with van der Waals surface area (Å²) in [5.41, 5.74) is 4.28. The van der Waals surface area contributed by atoms with Crippen molar-refractivity contribution in [1.82, 2.24) is 0 Å². The molecule has 0 fully saturated rings. The van der Waals surface area contributed by atoms with Gasteiger partial charge in [0.2, 0.25) is 0 Å². The van der Waals surface area contributed by atoms with Gasteiger partial charge in [-0.1, -0.05) is 36.4 Å². The molecule has 0 unspecified atom stereocenters. The van der Waals surface area contributed by atoms with Crippen LogP contribution in [0.25, 0.3) is 0 Å². The van der Waals surface area contributed by atoms with Crippen molar-refractivity contribution in [2.24, 2.45) is 0 Å². The number of nitrogens with zero attached hydrogens (tertiary/aromatic N) is 1. The van der Waals surface area contributed by atoms with Crippen LogP contribution in [0.15, 0.2) is 60.7 Å². The van der Waals surface area contributed by atoms with Gasteiger partial charge in [-0.25, -0.2) is 9.69 Å². The Balaban J connectivity index is 2.05. The number of benzene rings is 3. The summed E-state index contributed by atoms with van der Waals surface area (Å²) in [6, 6.07) is 19.3. The summed E-state index contributed by atoms with van der Waals surface area (Å²) in [6.45, 7) is 0. The standard InChI is InChI=1S/C24H23NO5/c1-27-15-13-20(28-2)23(21(14-15)29-3)22-16-9-5-7-11-18(16)25(24(26)30-4)19-12-8-6-10-17(19)22/h5-14,22H,1-4H3. The molecular formula is C24H23NO5. The Kier molecular flexibility index (Phi) is 5.23. The summed E-state index contributed by atoms with van der Waals surface area (Å²) in [4.78, 5) is 14.3. The predicted octanol–water partition coefficient (Wildman–Crippen LogP) is 5.11. The van der Waals surface area contributed by atoms with Gasteiger partial charge in [-0.15, -0.1) is 0 Å². The Labute approximate surface area is 175 Å². The van der Waals surface area contributed by atoms with E-state index < -0.39 is 6.09 Å². The molecule has 0 saturated carbocycles. The van der Waals surface area contributed by atoms with E-state index in [1.54, 1.807) is 26.2 Å². The number of methoxy groups -OCH3 is 4. The maximum absolute atomic E-state index is 12.7. The minimum absolute atomic E-state index is 0.214. The summed E-state index contributed by atoms with van der Waals surface area (Å²) in [5, 5.41) is 0. The summed E-state index contributed by atoms with van der Waals surface area (Å²) in [5.74, 6) is 1.72. The number of hydrogen-bond donors (Lipinski definition) is 0. The summed E-state index contributed by atoms with van der Waals surface area (Å²) < 4.78 is 22.0. The normalized spacial score (nSPS) is 12.6. The fourth-order valence-electron chi connectivity index (χ4n) is 4.08. The molecule has 6 nitrogen and oxygen atoms in total. The van der Waals surface area contributed by atoms with Gasteiger partial charge in [0.1, 0.15) is 17.2 Å². The topological polar surface area (TPSA) is 57.2 Å². The number of ether oxygens (including phenoxy) is 4. The average Bonchev–Trinajstić information content (AvgIpc) is 2.81. The molecular weight excluding hydrogens is 382 g/mol. The van der Waals surface area contributed by atoms with E-state index in [0.29, 0.717) is 17.2 Å². The van der Waals surface area contributed by atoms with Crippen LogP contribution in [0.5, 0.6) is 17.2 Å². The quantitative estimate of drug-likeness (QED) is 0.604. The predicted molar refractivity (Wildman–Crippen MR) is 114 cm³/mol. The maximum Gasteiger partial charge on any atom is 0.418 e. The highest BCUT2D eigenvalue weighted by atomic mass is 16.5. The lowest BCUT2D eigenvalue weighted by Crippen LogP contribution is -2.31. The minimum Gasteiger partial charge on any atom is -0.496 e. The molecule has 0 aliphatic carbocycles. The fourth-order valence-corrected chi connectivity index (χ4v) is 4.08. The van der Waals surface area contributed by atoms with Gasteiger partial charge in [0.15, 0.2) is 0 Å². The van der Waals surface area contributed by atoms with Crippen molar-refractivity contribution in [2.75, 3.05) is 33.3 Å². The molecule has 0 atom stereocenters. The van der Waals surface area contributed by atoms with Crippen LogP contribution in [-0.2, 0) is 4.74 Å². The Morgan fingerprint density at radius 2 is 1.27 bits per heavy atom. The van der Waals surface area contributed by atoms with E-state index in [1.807, 2.05) is 60.7 Å². The van der Waals surface area contributed by atoms with Crippen molar-refractivity contribution in [2.45, 2.75) is 5.92 Å². The number of anilines is 2. The molecule has 4 rings (SSSR count). The molecule has 0 radical (unpaired) electrons. The Bertz CT molecular complexity index is 1020. The fraction of sp³-hybridized carbons (Fsp3) is 0.208. The molecule has 0 spiro atoms. The van der Waals surface area contributed by atoms with Crippen LogP contribution in [-0.4, -0.2) is 34.5 Å². The van der Waals surface area contributed by atoms with E-state index in [9.17, 15) is 4.79 Å². The highest BCUT2D eigenvalue weighted by molar-refractivity contribution is 6.00. The van der Waals surface area contributed by atoms with Gasteiger partial charge >= 0.3 is 6.09 Å². The van der Waals surface area contributed by atoms with Crippen LogP contribution in [0.2, 0.25) is 0 Å². The lowest BCUT2D eigenvalue weighted by molar-refractivity contribution is 0.181. The molecule has 0 bridgehead atoms. The number of fused-ring (bicyclic) bond motifs is 2. The average molecular weight is 405 g/mol. The highest BCUT2D eigenvalue weighted by Crippen LogP contribution is 2.53. The van der Waals surface area contributed by atoms with Crippen molar-refractivity contribution in [1.29, 1.82) is 0 Å². The number of amides is 1. The number of carbonyl (C=O) groups excluding carboxylic acids is 1. The van der Waals surface area contributed by atoms with E-state index >= 15 is 0 Å². The van der Waals surface area contributed by atoms with Gasteiger partial charge in [-0.2, -0.15) is 0 Å². The summed E-state index contributed by atoms with van der Waals surface area (Å²) >= 11 is 0. The van der Waals surface area contributed by atoms with E-state index in [1.165, 1.54) is 7.11 Å². The van der Waals surface area contributed by atoms with Gasteiger partial charge in [0, 0.05) is 23.6 Å². The number of rotatable bonds is 4. The SMILES string of the molecule is COC(=O)N1c2ccccc2C(c2c(OC)cc(OC)cc2OC)c2ccccc21. The first-order valence-corrected chi connectivity index (χ1v) is 9.50. The van der Waals surface area contributed by atoms with E-state index in [4.69, 9.17) is 18.9 Å². The van der Waals surface area contributed by atoms with Crippen LogP contribution < -0.4 is 19.1 Å². The summed E-state index contributed by atoms with van der Waals surface area (Å²) in [6.07, 6.45) is -0.443. The maximum atomic E-state index is 12.7. The lowest BCUT2D eigenvalue weighted by Gasteiger charge is -2.36. The second-order valence-corrected chi connectivity index (χ2v) is 6.80. The van der Waals surface area contributed by atoms with Crippen LogP contribution in [0.3, 0.4) is 0 Å². The molecule has 1 aliphatic rings. The second kappa shape index (κ2) is 7.99. The molecule has 1 heterocycles. The van der Waals surface area contributed by atoms with Gasteiger partial charge in [-0.3, -0.25) is 0 Å². The molecule has 30 heavy (non-hydrogen) atoms. The lowest BCUT2D eigenvalue weighted by atomic mass is 9.79. The van der Waals surface area contributed by atoms with Gasteiger partial charge in [-0.05, 0) is 23.3 Å². The first-order chi connectivity index (χ1) is 14.6. The van der Waals surface area contributed by atoms with E-state index in [-0.39, 0.29) is 5.92 Å². The molecule has 154 valence electrons. The summed E-state index contributed by atoms with van der Waals surface area (Å²) in [7, 11) is 6.24. The first-order valence-electron chi connectivity index (χ1n) is 9.50. The van der Waals surface area contributed by atoms with Crippen molar-refractivity contribution < 1.29 is 23.7 Å².